The fourth-order valence-electron chi connectivity index (χ4n) is 2.17. The van der Waals surface area contributed by atoms with E-state index in [0.29, 0.717) is 21.4 Å². The van der Waals surface area contributed by atoms with Crippen LogP contribution in [-0.4, -0.2) is 18.4 Å². The molecule has 0 aliphatic heterocycles. The Kier molecular flexibility index (Phi) is 6.10. The van der Waals surface area contributed by atoms with E-state index in [2.05, 4.69) is 5.32 Å². The van der Waals surface area contributed by atoms with Gasteiger partial charge in [-0.15, -0.1) is 0 Å². The number of anilines is 2. The van der Waals surface area contributed by atoms with Gasteiger partial charge < -0.3 is 10.2 Å². The van der Waals surface area contributed by atoms with E-state index < -0.39 is 0 Å². The highest BCUT2D eigenvalue weighted by Crippen LogP contribution is 2.32. The Morgan fingerprint density at radius 2 is 1.83 bits per heavy atom. The fourth-order valence-corrected chi connectivity index (χ4v) is 2.79. The first-order valence-electron chi connectivity index (χ1n) is 7.07. The van der Waals surface area contributed by atoms with Gasteiger partial charge in [0.15, 0.2) is 0 Å². The quantitative estimate of drug-likeness (QED) is 0.810. The zero-order valence-electron chi connectivity index (χ0n) is 13.1. The van der Waals surface area contributed by atoms with Crippen molar-refractivity contribution in [3.8, 4) is 0 Å². The molecule has 0 fully saturated rings. The van der Waals surface area contributed by atoms with Crippen molar-refractivity contribution in [2.45, 2.75) is 13.8 Å². The standard InChI is InChI=1S/C17H15Cl3N2O2/c1-10-8-12(18)6-7-14(10)21-16(24)9-22(11(2)23)15-5-3-4-13(19)17(15)20/h3-8H,9H2,1-2H3,(H,21,24). The lowest BCUT2D eigenvalue weighted by molar-refractivity contribution is -0.120. The van der Waals surface area contributed by atoms with Gasteiger partial charge in [-0.2, -0.15) is 0 Å². The van der Waals surface area contributed by atoms with Crippen LogP contribution in [0.4, 0.5) is 11.4 Å². The first kappa shape index (κ1) is 18.6. The first-order chi connectivity index (χ1) is 11.3. The molecule has 0 aliphatic rings. The molecule has 1 N–H and O–H groups in total. The van der Waals surface area contributed by atoms with E-state index >= 15 is 0 Å². The average molecular weight is 386 g/mol. The normalized spacial score (nSPS) is 10.4. The number of halogens is 3. The smallest absolute Gasteiger partial charge is 0.244 e. The minimum Gasteiger partial charge on any atom is -0.324 e. The van der Waals surface area contributed by atoms with Crippen LogP contribution >= 0.6 is 34.8 Å². The molecule has 2 amide bonds. The van der Waals surface area contributed by atoms with Crippen molar-refractivity contribution in [3.05, 3.63) is 57.0 Å². The molecule has 0 spiro atoms. The molecule has 0 unspecified atom stereocenters. The number of amides is 2. The van der Waals surface area contributed by atoms with Gasteiger partial charge in [0.05, 0.1) is 15.7 Å². The van der Waals surface area contributed by atoms with Crippen molar-refractivity contribution >= 4 is 58.0 Å². The van der Waals surface area contributed by atoms with Gasteiger partial charge in [0.1, 0.15) is 6.54 Å². The second-order valence-electron chi connectivity index (χ2n) is 5.19. The predicted molar refractivity (Wildman–Crippen MR) is 99.3 cm³/mol. The maximum absolute atomic E-state index is 12.3. The Morgan fingerprint density at radius 3 is 2.46 bits per heavy atom. The van der Waals surface area contributed by atoms with Crippen LogP contribution < -0.4 is 10.2 Å². The van der Waals surface area contributed by atoms with Crippen molar-refractivity contribution in [1.29, 1.82) is 0 Å². The molecule has 2 rings (SSSR count). The second kappa shape index (κ2) is 7.88. The minimum atomic E-state index is -0.355. The number of nitrogens with one attached hydrogen (secondary N) is 1. The zero-order valence-corrected chi connectivity index (χ0v) is 15.3. The topological polar surface area (TPSA) is 49.4 Å². The summed E-state index contributed by atoms with van der Waals surface area (Å²) in [6.07, 6.45) is 0. The molecule has 2 aromatic rings. The molecule has 126 valence electrons. The lowest BCUT2D eigenvalue weighted by atomic mass is 10.2. The lowest BCUT2D eigenvalue weighted by Gasteiger charge is -2.22. The third kappa shape index (κ3) is 4.41. The maximum atomic E-state index is 12.3. The molecular formula is C17H15Cl3N2O2. The van der Waals surface area contributed by atoms with E-state index in [1.165, 1.54) is 11.8 Å². The van der Waals surface area contributed by atoms with Gasteiger partial charge in [-0.1, -0.05) is 40.9 Å². The van der Waals surface area contributed by atoms with Crippen LogP contribution in [0.15, 0.2) is 36.4 Å². The van der Waals surface area contributed by atoms with Gasteiger partial charge in [-0.3, -0.25) is 9.59 Å². The van der Waals surface area contributed by atoms with E-state index in [1.807, 2.05) is 6.92 Å². The van der Waals surface area contributed by atoms with Gasteiger partial charge in [-0.05, 0) is 42.8 Å². The van der Waals surface area contributed by atoms with Crippen molar-refractivity contribution in [2.24, 2.45) is 0 Å². The fraction of sp³-hybridized carbons (Fsp3) is 0.176. The summed E-state index contributed by atoms with van der Waals surface area (Å²) in [5.74, 6) is -0.672. The molecule has 0 heterocycles. The molecular weight excluding hydrogens is 371 g/mol. The van der Waals surface area contributed by atoms with Crippen LogP contribution in [0.3, 0.4) is 0 Å². The zero-order chi connectivity index (χ0) is 17.9. The Labute approximate surface area is 155 Å². The maximum Gasteiger partial charge on any atom is 0.244 e. The van der Waals surface area contributed by atoms with Gasteiger partial charge in [0, 0.05) is 17.6 Å². The molecule has 24 heavy (non-hydrogen) atoms. The Bertz CT molecular complexity index is 793. The summed E-state index contributed by atoms with van der Waals surface area (Å²) in [5.41, 5.74) is 1.84. The number of hydrogen-bond donors (Lipinski definition) is 1. The molecule has 0 aliphatic carbocycles. The number of nitrogens with zero attached hydrogens (tertiary/aromatic N) is 1. The second-order valence-corrected chi connectivity index (χ2v) is 6.41. The predicted octanol–water partition coefficient (Wildman–Crippen LogP) is 4.95. The van der Waals surface area contributed by atoms with Crippen LogP contribution in [-0.2, 0) is 9.59 Å². The highest BCUT2D eigenvalue weighted by Gasteiger charge is 2.19. The van der Waals surface area contributed by atoms with Gasteiger partial charge in [0.25, 0.3) is 0 Å². The van der Waals surface area contributed by atoms with Crippen LogP contribution in [0.2, 0.25) is 15.1 Å². The molecule has 7 heteroatoms. The summed E-state index contributed by atoms with van der Waals surface area (Å²) in [7, 11) is 0. The first-order valence-corrected chi connectivity index (χ1v) is 8.21. The highest BCUT2D eigenvalue weighted by molar-refractivity contribution is 6.44. The number of benzene rings is 2. The largest absolute Gasteiger partial charge is 0.324 e. The van der Waals surface area contributed by atoms with E-state index in [1.54, 1.807) is 36.4 Å². The van der Waals surface area contributed by atoms with E-state index in [0.717, 1.165) is 5.56 Å². The number of hydrogen-bond acceptors (Lipinski definition) is 2. The third-order valence-corrected chi connectivity index (χ3v) is 4.41. The van der Waals surface area contributed by atoms with Crippen LogP contribution in [0, 0.1) is 6.92 Å². The molecule has 0 saturated carbocycles. The summed E-state index contributed by atoms with van der Waals surface area (Å²) in [6, 6.07) is 10.1. The van der Waals surface area contributed by atoms with E-state index in [-0.39, 0.29) is 23.4 Å². The van der Waals surface area contributed by atoms with Gasteiger partial charge >= 0.3 is 0 Å². The number of carbonyl (C=O) groups is 2. The molecule has 0 atom stereocenters. The van der Waals surface area contributed by atoms with Crippen molar-refractivity contribution in [2.75, 3.05) is 16.8 Å². The monoisotopic (exact) mass is 384 g/mol. The molecule has 0 bridgehead atoms. The Hall–Kier alpha value is -1.75. The Balaban J connectivity index is 2.20. The van der Waals surface area contributed by atoms with Crippen LogP contribution in [0.5, 0.6) is 0 Å². The number of aryl methyl sites for hydroxylation is 1. The van der Waals surface area contributed by atoms with Crippen molar-refractivity contribution in [1.82, 2.24) is 0 Å². The molecule has 4 nitrogen and oxygen atoms in total. The summed E-state index contributed by atoms with van der Waals surface area (Å²) in [5, 5.41) is 3.88. The number of carbonyl (C=O) groups excluding carboxylic acids is 2. The SMILES string of the molecule is CC(=O)N(CC(=O)Nc1ccc(Cl)cc1C)c1cccc(Cl)c1Cl. The van der Waals surface area contributed by atoms with E-state index in [9.17, 15) is 9.59 Å². The van der Waals surface area contributed by atoms with Crippen molar-refractivity contribution < 1.29 is 9.59 Å². The average Bonchev–Trinajstić information content (AvgIpc) is 2.50. The van der Waals surface area contributed by atoms with Gasteiger partial charge in [0.2, 0.25) is 11.8 Å². The molecule has 0 saturated heterocycles. The molecule has 0 radical (unpaired) electrons. The lowest BCUT2D eigenvalue weighted by Crippen LogP contribution is -2.37. The van der Waals surface area contributed by atoms with Crippen LogP contribution in [0.25, 0.3) is 0 Å². The van der Waals surface area contributed by atoms with Crippen LogP contribution in [0.1, 0.15) is 12.5 Å². The number of rotatable bonds is 4. The minimum absolute atomic E-state index is 0.183. The molecule has 2 aromatic carbocycles. The summed E-state index contributed by atoms with van der Waals surface area (Å²) < 4.78 is 0. The summed E-state index contributed by atoms with van der Waals surface area (Å²) in [4.78, 5) is 25.5. The third-order valence-electron chi connectivity index (χ3n) is 3.37. The van der Waals surface area contributed by atoms with Crippen molar-refractivity contribution in [3.63, 3.8) is 0 Å². The van der Waals surface area contributed by atoms with E-state index in [4.69, 9.17) is 34.8 Å². The highest BCUT2D eigenvalue weighted by atomic mass is 35.5. The van der Waals surface area contributed by atoms with Gasteiger partial charge in [-0.25, -0.2) is 0 Å². The summed E-state index contributed by atoms with van der Waals surface area (Å²) >= 11 is 18.0. The summed E-state index contributed by atoms with van der Waals surface area (Å²) in [6.45, 7) is 3.01. The Morgan fingerprint density at radius 1 is 1.12 bits per heavy atom. The molecule has 0 aromatic heterocycles.